The Morgan fingerprint density at radius 2 is 1.86 bits per heavy atom. The average Bonchev–Trinajstić information content (AvgIpc) is 3.12. The first-order valence-corrected chi connectivity index (χ1v) is 12.7. The van der Waals surface area contributed by atoms with Gasteiger partial charge < -0.3 is 26.0 Å². The number of halogens is 1. The molecule has 2 heterocycles. The van der Waals surface area contributed by atoms with Gasteiger partial charge in [-0.15, -0.1) is 11.8 Å². The van der Waals surface area contributed by atoms with Gasteiger partial charge in [0.2, 0.25) is 17.7 Å². The summed E-state index contributed by atoms with van der Waals surface area (Å²) in [6.07, 6.45) is 0. The zero-order chi connectivity index (χ0) is 26.9. The third-order valence-corrected chi connectivity index (χ3v) is 8.02. The summed E-state index contributed by atoms with van der Waals surface area (Å²) in [5.41, 5.74) is 1.01. The molecule has 3 amide bonds. The van der Waals surface area contributed by atoms with Crippen molar-refractivity contribution in [1.82, 2.24) is 20.9 Å². The Balaban J connectivity index is 1.43. The zero-order valence-electron chi connectivity index (χ0n) is 20.0. The van der Waals surface area contributed by atoms with Crippen LogP contribution in [0.3, 0.4) is 0 Å². The van der Waals surface area contributed by atoms with Crippen LogP contribution in [0.2, 0.25) is 5.02 Å². The van der Waals surface area contributed by atoms with Crippen molar-refractivity contribution in [3.63, 3.8) is 0 Å². The lowest BCUT2D eigenvalue weighted by atomic mass is 9.95. The van der Waals surface area contributed by atoms with Gasteiger partial charge in [0.1, 0.15) is 29.3 Å². The van der Waals surface area contributed by atoms with E-state index in [-0.39, 0.29) is 12.4 Å². The van der Waals surface area contributed by atoms with E-state index in [1.165, 1.54) is 16.7 Å². The number of fused-ring (bicyclic) bond motifs is 1. The quantitative estimate of drug-likeness (QED) is 0.193. The maximum Gasteiger partial charge on any atom is 0.327 e. The molecule has 0 saturated carbocycles. The highest BCUT2D eigenvalue weighted by Crippen LogP contribution is 2.50. The summed E-state index contributed by atoms with van der Waals surface area (Å²) >= 11 is 7.28. The molecule has 2 aromatic carbocycles. The molecule has 10 nitrogen and oxygen atoms in total. The molecule has 0 radical (unpaired) electrons. The van der Waals surface area contributed by atoms with Gasteiger partial charge in [0.05, 0.1) is 6.54 Å². The molecule has 2 aromatic rings. The number of carbonyl (C=O) groups is 4. The van der Waals surface area contributed by atoms with Crippen LogP contribution in [0.4, 0.5) is 0 Å². The third kappa shape index (κ3) is 5.42. The number of rotatable bonds is 8. The summed E-state index contributed by atoms with van der Waals surface area (Å²) in [5.74, 6) is -2.71. The molecule has 0 aliphatic carbocycles. The topological polar surface area (TPSA) is 152 Å². The molecule has 2 fully saturated rings. The van der Waals surface area contributed by atoms with Crippen LogP contribution in [-0.4, -0.2) is 68.3 Å². The van der Waals surface area contributed by atoms with Crippen molar-refractivity contribution >= 4 is 52.9 Å². The van der Waals surface area contributed by atoms with Gasteiger partial charge >= 0.3 is 5.97 Å². The number of nitrogens with one attached hydrogen (secondary N) is 4. The van der Waals surface area contributed by atoms with Crippen molar-refractivity contribution in [2.75, 3.05) is 6.54 Å². The van der Waals surface area contributed by atoms with Gasteiger partial charge in [0.15, 0.2) is 0 Å². The number of benzene rings is 2. The van der Waals surface area contributed by atoms with E-state index in [2.05, 4.69) is 16.0 Å². The van der Waals surface area contributed by atoms with Gasteiger partial charge in [-0.25, -0.2) is 4.79 Å². The van der Waals surface area contributed by atoms with E-state index in [0.29, 0.717) is 16.1 Å². The van der Waals surface area contributed by atoms with Crippen LogP contribution in [0, 0.1) is 5.41 Å². The molecular formula is C25H26ClN5O5S. The van der Waals surface area contributed by atoms with Crippen molar-refractivity contribution in [1.29, 1.82) is 5.41 Å². The van der Waals surface area contributed by atoms with E-state index in [4.69, 9.17) is 17.0 Å². The first kappa shape index (κ1) is 26.5. The number of thioether (sulfide) groups is 1. The van der Waals surface area contributed by atoms with Gasteiger partial charge in [-0.3, -0.25) is 19.8 Å². The van der Waals surface area contributed by atoms with E-state index in [9.17, 15) is 24.3 Å². The second-order valence-electron chi connectivity index (χ2n) is 9.23. The molecule has 2 aliphatic rings. The fraction of sp³-hybridized carbons (Fsp3) is 0.320. The second kappa shape index (κ2) is 10.4. The van der Waals surface area contributed by atoms with Crippen molar-refractivity contribution in [3.8, 4) is 0 Å². The minimum atomic E-state index is -1.10. The maximum absolute atomic E-state index is 13.3. The molecular weight excluding hydrogens is 518 g/mol. The van der Waals surface area contributed by atoms with Gasteiger partial charge in [-0.1, -0.05) is 54.1 Å². The van der Waals surface area contributed by atoms with Crippen LogP contribution < -0.4 is 16.0 Å². The lowest BCUT2D eigenvalue weighted by Gasteiger charge is -2.44. The molecule has 0 bridgehead atoms. The standard InChI is InChI=1S/C25H26ClN5O5S/c1-25(2)19(24(35)36)31-22(34)18(23(31)37-25)30-21(33)17(13-7-4-3-5-8-13)29-16(32)12-28-20(27)14-9-6-10-15(26)11-14/h3-11,17-19,23H,12H2,1-2H3,(H2,27,28)(H,29,32)(H,30,33)(H,35,36)/t17?,18?,19-,23+/m0/s1. The number of carboxylic acid groups (broad SMARTS) is 1. The monoisotopic (exact) mass is 543 g/mol. The predicted molar refractivity (Wildman–Crippen MR) is 139 cm³/mol. The highest BCUT2D eigenvalue weighted by molar-refractivity contribution is 8.01. The Bertz CT molecular complexity index is 1260. The first-order chi connectivity index (χ1) is 17.5. The number of hydrogen-bond acceptors (Lipinski definition) is 6. The second-order valence-corrected chi connectivity index (χ2v) is 11.4. The Hall–Kier alpha value is -3.57. The third-order valence-electron chi connectivity index (χ3n) is 6.21. The lowest BCUT2D eigenvalue weighted by molar-refractivity contribution is -0.161. The van der Waals surface area contributed by atoms with Crippen LogP contribution >= 0.6 is 23.4 Å². The fourth-order valence-electron chi connectivity index (χ4n) is 4.45. The van der Waals surface area contributed by atoms with E-state index < -0.39 is 51.9 Å². The number of amidine groups is 1. The van der Waals surface area contributed by atoms with Crippen molar-refractivity contribution in [3.05, 3.63) is 70.7 Å². The Morgan fingerprint density at radius 1 is 1.16 bits per heavy atom. The Kier molecular flexibility index (Phi) is 7.47. The summed E-state index contributed by atoms with van der Waals surface area (Å²) in [6.45, 7) is 3.23. The molecule has 4 rings (SSSR count). The summed E-state index contributed by atoms with van der Waals surface area (Å²) < 4.78 is -0.724. The molecule has 12 heteroatoms. The molecule has 5 N–H and O–H groups in total. The Labute approximate surface area is 222 Å². The Morgan fingerprint density at radius 3 is 2.51 bits per heavy atom. The average molecular weight is 544 g/mol. The van der Waals surface area contributed by atoms with Gasteiger partial charge in [0.25, 0.3) is 0 Å². The highest BCUT2D eigenvalue weighted by Gasteiger charge is 2.64. The van der Waals surface area contributed by atoms with Crippen LogP contribution in [-0.2, 0) is 19.2 Å². The maximum atomic E-state index is 13.3. The molecule has 37 heavy (non-hydrogen) atoms. The predicted octanol–water partition coefficient (Wildman–Crippen LogP) is 1.74. The number of amides is 3. The number of β-lactam (4-membered cyclic amide) rings is 1. The van der Waals surface area contributed by atoms with Gasteiger partial charge in [-0.2, -0.15) is 0 Å². The fourth-order valence-corrected chi connectivity index (χ4v) is 6.27. The van der Waals surface area contributed by atoms with Crippen molar-refractivity contribution in [2.45, 2.75) is 42.1 Å². The van der Waals surface area contributed by atoms with E-state index in [0.717, 1.165) is 0 Å². The first-order valence-electron chi connectivity index (χ1n) is 11.5. The minimum Gasteiger partial charge on any atom is -0.480 e. The number of aliphatic carboxylic acids is 1. The smallest absolute Gasteiger partial charge is 0.327 e. The number of carbonyl (C=O) groups excluding carboxylic acids is 3. The van der Waals surface area contributed by atoms with Crippen LogP contribution in [0.25, 0.3) is 0 Å². The molecule has 2 aliphatic heterocycles. The molecule has 0 spiro atoms. The lowest BCUT2D eigenvalue weighted by Crippen LogP contribution is -2.71. The van der Waals surface area contributed by atoms with Crippen LogP contribution in [0.15, 0.2) is 54.6 Å². The highest BCUT2D eigenvalue weighted by atomic mass is 35.5. The van der Waals surface area contributed by atoms with E-state index in [1.54, 1.807) is 68.4 Å². The van der Waals surface area contributed by atoms with Crippen LogP contribution in [0.5, 0.6) is 0 Å². The molecule has 4 atom stereocenters. The summed E-state index contributed by atoms with van der Waals surface area (Å²) in [7, 11) is 0. The SMILES string of the molecule is CC1(C)S[C@@H]2C(NC(=O)C(NC(=O)CNC(=N)c3cccc(Cl)c3)c3ccccc3)C(=O)N2[C@H]1C(=O)O. The summed E-state index contributed by atoms with van der Waals surface area (Å²) in [5, 5.41) is 25.7. The summed E-state index contributed by atoms with van der Waals surface area (Å²) in [6, 6.07) is 12.2. The van der Waals surface area contributed by atoms with Gasteiger partial charge in [-0.05, 0) is 31.5 Å². The molecule has 2 unspecified atom stereocenters. The number of carboxylic acids is 1. The van der Waals surface area contributed by atoms with Gasteiger partial charge in [0, 0.05) is 15.3 Å². The van der Waals surface area contributed by atoms with E-state index >= 15 is 0 Å². The van der Waals surface area contributed by atoms with Crippen molar-refractivity contribution in [2.24, 2.45) is 0 Å². The normalized spacial score (nSPS) is 22.3. The number of hydrogen-bond donors (Lipinski definition) is 5. The molecule has 194 valence electrons. The molecule has 0 aromatic heterocycles. The summed E-state index contributed by atoms with van der Waals surface area (Å²) in [4.78, 5) is 51.9. The number of nitrogens with zero attached hydrogens (tertiary/aromatic N) is 1. The van der Waals surface area contributed by atoms with Crippen molar-refractivity contribution < 1.29 is 24.3 Å². The largest absolute Gasteiger partial charge is 0.480 e. The molecule has 2 saturated heterocycles. The zero-order valence-corrected chi connectivity index (χ0v) is 21.6. The minimum absolute atomic E-state index is 0.00706. The van der Waals surface area contributed by atoms with E-state index in [1.807, 2.05) is 0 Å². The van der Waals surface area contributed by atoms with Crippen LogP contribution in [0.1, 0.15) is 31.0 Å².